The van der Waals surface area contributed by atoms with Crippen LogP contribution in [0, 0.1) is 5.41 Å². The van der Waals surface area contributed by atoms with Gasteiger partial charge in [0.25, 0.3) is 0 Å². The Hall–Kier alpha value is -0.610. The van der Waals surface area contributed by atoms with Crippen molar-refractivity contribution in [3.8, 4) is 0 Å². The van der Waals surface area contributed by atoms with E-state index in [2.05, 4.69) is 22.0 Å². The number of rotatable bonds is 3. The minimum Gasteiger partial charge on any atom is -0.341 e. The normalized spacial score (nSPS) is 36.3. The molecule has 108 valence electrons. The predicted octanol–water partition coefficient (Wildman–Crippen LogP) is 1.07. The zero-order valence-corrected chi connectivity index (χ0v) is 12.2. The third-order valence-electron chi connectivity index (χ3n) is 5.48. The van der Waals surface area contributed by atoms with Gasteiger partial charge in [0.2, 0.25) is 5.91 Å². The molecule has 3 fully saturated rings. The van der Waals surface area contributed by atoms with Gasteiger partial charge in [-0.2, -0.15) is 0 Å². The number of nitrogens with one attached hydrogen (secondary N) is 1. The molecule has 3 aliphatic heterocycles. The molecule has 0 aliphatic carbocycles. The van der Waals surface area contributed by atoms with Gasteiger partial charge in [-0.1, -0.05) is 6.92 Å². The van der Waals surface area contributed by atoms with Crippen molar-refractivity contribution < 1.29 is 4.79 Å². The Bertz CT molecular complexity index is 332. The van der Waals surface area contributed by atoms with Crippen LogP contribution in [0.5, 0.6) is 0 Å². The van der Waals surface area contributed by atoms with Crippen LogP contribution in [0.2, 0.25) is 0 Å². The van der Waals surface area contributed by atoms with E-state index >= 15 is 0 Å². The zero-order chi connectivity index (χ0) is 13.3. The molecule has 2 unspecified atom stereocenters. The van der Waals surface area contributed by atoms with Crippen molar-refractivity contribution in [2.75, 3.05) is 39.3 Å². The van der Waals surface area contributed by atoms with Gasteiger partial charge in [0.05, 0.1) is 5.41 Å². The Morgan fingerprint density at radius 1 is 1.32 bits per heavy atom. The van der Waals surface area contributed by atoms with Crippen molar-refractivity contribution in [3.05, 3.63) is 0 Å². The standard InChI is InChI=1S/C15H27N3O/c1-2-15(6-7-16-12-15)14(19)18-10-5-13(11-18)17-8-3-4-9-17/h13,16H,2-12H2,1H3. The fourth-order valence-electron chi connectivity index (χ4n) is 4.05. The Balaban J connectivity index is 1.62. The molecule has 0 aromatic carbocycles. The van der Waals surface area contributed by atoms with Crippen LogP contribution in [0.3, 0.4) is 0 Å². The minimum atomic E-state index is -0.0973. The summed E-state index contributed by atoms with van der Waals surface area (Å²) in [4.78, 5) is 17.6. The number of hydrogen-bond acceptors (Lipinski definition) is 3. The Labute approximate surface area is 116 Å². The van der Waals surface area contributed by atoms with Crippen LogP contribution in [0.4, 0.5) is 0 Å². The molecule has 3 heterocycles. The van der Waals surface area contributed by atoms with Crippen LogP contribution in [0.15, 0.2) is 0 Å². The second kappa shape index (κ2) is 5.41. The number of amides is 1. The SMILES string of the molecule is CCC1(C(=O)N2CCC(N3CCCC3)C2)CCNC1. The van der Waals surface area contributed by atoms with Crippen LogP contribution in [-0.4, -0.2) is 61.0 Å². The van der Waals surface area contributed by atoms with Crippen molar-refractivity contribution >= 4 is 5.91 Å². The first-order valence-corrected chi connectivity index (χ1v) is 7.99. The highest BCUT2D eigenvalue weighted by Crippen LogP contribution is 2.33. The van der Waals surface area contributed by atoms with Gasteiger partial charge in [0.1, 0.15) is 0 Å². The van der Waals surface area contributed by atoms with Gasteiger partial charge in [0.15, 0.2) is 0 Å². The molecule has 19 heavy (non-hydrogen) atoms. The highest BCUT2D eigenvalue weighted by molar-refractivity contribution is 5.83. The number of carbonyl (C=O) groups excluding carboxylic acids is 1. The summed E-state index contributed by atoms with van der Waals surface area (Å²) in [5, 5.41) is 3.38. The first-order chi connectivity index (χ1) is 9.25. The monoisotopic (exact) mass is 265 g/mol. The average molecular weight is 265 g/mol. The van der Waals surface area contributed by atoms with Crippen molar-refractivity contribution in [1.82, 2.24) is 15.1 Å². The fourth-order valence-corrected chi connectivity index (χ4v) is 4.05. The highest BCUT2D eigenvalue weighted by atomic mass is 16.2. The smallest absolute Gasteiger partial charge is 0.230 e. The molecule has 0 aromatic heterocycles. The lowest BCUT2D eigenvalue weighted by atomic mass is 9.83. The third kappa shape index (κ3) is 2.40. The van der Waals surface area contributed by atoms with Gasteiger partial charge < -0.3 is 10.2 Å². The van der Waals surface area contributed by atoms with Crippen molar-refractivity contribution in [1.29, 1.82) is 0 Å². The van der Waals surface area contributed by atoms with Gasteiger partial charge in [-0.3, -0.25) is 9.69 Å². The molecule has 1 amide bonds. The lowest BCUT2D eigenvalue weighted by Crippen LogP contribution is -2.45. The first-order valence-electron chi connectivity index (χ1n) is 7.99. The van der Waals surface area contributed by atoms with Gasteiger partial charge in [-0.15, -0.1) is 0 Å². The average Bonchev–Trinajstić information content (AvgIpc) is 3.17. The molecule has 3 rings (SSSR count). The summed E-state index contributed by atoms with van der Waals surface area (Å²) >= 11 is 0. The third-order valence-corrected chi connectivity index (χ3v) is 5.48. The molecule has 0 radical (unpaired) electrons. The molecular formula is C15H27N3O. The van der Waals surface area contributed by atoms with Gasteiger partial charge in [-0.05, 0) is 51.7 Å². The van der Waals surface area contributed by atoms with Crippen molar-refractivity contribution in [3.63, 3.8) is 0 Å². The summed E-state index contributed by atoms with van der Waals surface area (Å²) in [6.07, 6.45) is 5.86. The number of nitrogens with zero attached hydrogens (tertiary/aromatic N) is 2. The molecular weight excluding hydrogens is 238 g/mol. The minimum absolute atomic E-state index is 0.0973. The second-order valence-electron chi connectivity index (χ2n) is 6.50. The predicted molar refractivity (Wildman–Crippen MR) is 76.0 cm³/mol. The van der Waals surface area contributed by atoms with Crippen LogP contribution >= 0.6 is 0 Å². The molecule has 3 aliphatic rings. The number of carbonyl (C=O) groups is 1. The van der Waals surface area contributed by atoms with Crippen molar-refractivity contribution in [2.45, 2.75) is 45.1 Å². The van der Waals surface area contributed by atoms with E-state index in [9.17, 15) is 4.79 Å². The maximum atomic E-state index is 12.8. The van der Waals surface area contributed by atoms with E-state index in [1.807, 2.05) is 0 Å². The fraction of sp³-hybridized carbons (Fsp3) is 0.933. The number of likely N-dealkylation sites (tertiary alicyclic amines) is 2. The second-order valence-corrected chi connectivity index (χ2v) is 6.50. The molecule has 2 atom stereocenters. The van der Waals surface area contributed by atoms with Crippen LogP contribution in [-0.2, 0) is 4.79 Å². The summed E-state index contributed by atoms with van der Waals surface area (Å²) in [5.74, 6) is 0.418. The first kappa shape index (κ1) is 13.4. The van der Waals surface area contributed by atoms with Crippen LogP contribution in [0.25, 0.3) is 0 Å². The summed E-state index contributed by atoms with van der Waals surface area (Å²) in [7, 11) is 0. The molecule has 4 nitrogen and oxygen atoms in total. The number of hydrogen-bond donors (Lipinski definition) is 1. The Morgan fingerprint density at radius 3 is 2.74 bits per heavy atom. The molecule has 0 aromatic rings. The largest absolute Gasteiger partial charge is 0.341 e. The van der Waals surface area contributed by atoms with E-state index in [1.54, 1.807) is 0 Å². The van der Waals surface area contributed by atoms with Crippen LogP contribution in [0.1, 0.15) is 39.0 Å². The zero-order valence-electron chi connectivity index (χ0n) is 12.2. The van der Waals surface area contributed by atoms with E-state index in [1.165, 1.54) is 32.4 Å². The molecule has 3 saturated heterocycles. The van der Waals surface area contributed by atoms with Crippen molar-refractivity contribution in [2.24, 2.45) is 5.41 Å². The molecule has 4 heteroatoms. The lowest BCUT2D eigenvalue weighted by molar-refractivity contribution is -0.140. The maximum Gasteiger partial charge on any atom is 0.230 e. The molecule has 0 spiro atoms. The van der Waals surface area contributed by atoms with E-state index in [-0.39, 0.29) is 5.41 Å². The summed E-state index contributed by atoms with van der Waals surface area (Å²) in [6.45, 7) is 8.48. The lowest BCUT2D eigenvalue weighted by Gasteiger charge is -2.31. The quantitative estimate of drug-likeness (QED) is 0.829. The molecule has 1 N–H and O–H groups in total. The van der Waals surface area contributed by atoms with E-state index < -0.39 is 0 Å². The van der Waals surface area contributed by atoms with Gasteiger partial charge >= 0.3 is 0 Å². The summed E-state index contributed by atoms with van der Waals surface area (Å²) in [6, 6.07) is 0.634. The van der Waals surface area contributed by atoms with Gasteiger partial charge in [-0.25, -0.2) is 0 Å². The maximum absolute atomic E-state index is 12.8. The van der Waals surface area contributed by atoms with Gasteiger partial charge in [0, 0.05) is 25.7 Å². The summed E-state index contributed by atoms with van der Waals surface area (Å²) in [5.41, 5.74) is -0.0973. The topological polar surface area (TPSA) is 35.6 Å². The van der Waals surface area contributed by atoms with E-state index in [0.29, 0.717) is 11.9 Å². The highest BCUT2D eigenvalue weighted by Gasteiger charge is 2.44. The van der Waals surface area contributed by atoms with E-state index in [0.717, 1.165) is 39.0 Å². The van der Waals surface area contributed by atoms with E-state index in [4.69, 9.17) is 0 Å². The Morgan fingerprint density at radius 2 is 2.11 bits per heavy atom. The van der Waals surface area contributed by atoms with Crippen LogP contribution < -0.4 is 5.32 Å². The molecule has 0 saturated carbocycles. The summed E-state index contributed by atoms with van der Waals surface area (Å²) < 4.78 is 0. The molecule has 0 bridgehead atoms. The Kier molecular flexibility index (Phi) is 3.81.